The number of ether oxygens (including phenoxy) is 1. The molecule has 2 aromatic rings. The second-order valence-electron chi connectivity index (χ2n) is 4.08. The van der Waals surface area contributed by atoms with Gasteiger partial charge in [-0.3, -0.25) is 0 Å². The number of methoxy groups -OCH3 is 1. The highest BCUT2D eigenvalue weighted by atomic mass is 35.5. The number of hydrogen-bond donors (Lipinski definition) is 1. The summed E-state index contributed by atoms with van der Waals surface area (Å²) in [6.45, 7) is 0.286. The molecule has 0 fully saturated rings. The van der Waals surface area contributed by atoms with E-state index in [1.165, 1.54) is 7.11 Å². The van der Waals surface area contributed by atoms with Gasteiger partial charge in [0.2, 0.25) is 0 Å². The Labute approximate surface area is 119 Å². The Morgan fingerprint density at radius 2 is 1.75 bits per heavy atom. The summed E-state index contributed by atoms with van der Waals surface area (Å²) in [4.78, 5) is 0. The minimum absolute atomic E-state index is 0.147. The van der Waals surface area contributed by atoms with Crippen LogP contribution >= 0.6 is 11.6 Å². The standard InChI is InChI=1S/C14H11ClF3NO/c1-20-13-3-2-8(4-10(13)15)7-19-9-5-11(16)14(18)12(17)6-9/h2-6,19H,7H2,1H3. The van der Waals surface area contributed by atoms with E-state index >= 15 is 0 Å². The zero-order chi connectivity index (χ0) is 14.7. The van der Waals surface area contributed by atoms with Gasteiger partial charge in [-0.05, 0) is 17.7 Å². The van der Waals surface area contributed by atoms with Gasteiger partial charge in [-0.2, -0.15) is 0 Å². The third-order valence-electron chi connectivity index (χ3n) is 2.70. The Kier molecular flexibility index (Phi) is 4.39. The monoisotopic (exact) mass is 301 g/mol. The van der Waals surface area contributed by atoms with Crippen LogP contribution in [-0.4, -0.2) is 7.11 Å². The molecular weight excluding hydrogens is 291 g/mol. The van der Waals surface area contributed by atoms with Crippen molar-refractivity contribution >= 4 is 17.3 Å². The summed E-state index contributed by atoms with van der Waals surface area (Å²) in [7, 11) is 1.50. The van der Waals surface area contributed by atoms with Crippen LogP contribution in [0.4, 0.5) is 18.9 Å². The Balaban J connectivity index is 2.11. The maximum atomic E-state index is 13.0. The van der Waals surface area contributed by atoms with Crippen molar-refractivity contribution < 1.29 is 17.9 Å². The van der Waals surface area contributed by atoms with E-state index in [9.17, 15) is 13.2 Å². The number of nitrogens with one attached hydrogen (secondary N) is 1. The molecule has 0 saturated heterocycles. The van der Waals surface area contributed by atoms with Crippen LogP contribution in [0.15, 0.2) is 30.3 Å². The second-order valence-corrected chi connectivity index (χ2v) is 4.48. The average molecular weight is 302 g/mol. The zero-order valence-electron chi connectivity index (χ0n) is 10.5. The molecule has 2 nitrogen and oxygen atoms in total. The summed E-state index contributed by atoms with van der Waals surface area (Å²) in [6, 6.07) is 6.90. The van der Waals surface area contributed by atoms with E-state index in [0.29, 0.717) is 10.8 Å². The van der Waals surface area contributed by atoms with E-state index in [0.717, 1.165) is 17.7 Å². The third kappa shape index (κ3) is 3.17. The SMILES string of the molecule is COc1ccc(CNc2cc(F)c(F)c(F)c2)cc1Cl. The average Bonchev–Trinajstić information content (AvgIpc) is 2.42. The summed E-state index contributed by atoms with van der Waals surface area (Å²) in [5.74, 6) is -3.42. The molecule has 0 atom stereocenters. The lowest BCUT2D eigenvalue weighted by molar-refractivity contribution is 0.415. The van der Waals surface area contributed by atoms with Crippen LogP contribution < -0.4 is 10.1 Å². The minimum Gasteiger partial charge on any atom is -0.495 e. The normalized spacial score (nSPS) is 10.4. The topological polar surface area (TPSA) is 21.3 Å². The summed E-state index contributed by atoms with van der Waals surface area (Å²) in [5, 5.41) is 3.22. The van der Waals surface area contributed by atoms with E-state index in [1.54, 1.807) is 18.2 Å². The van der Waals surface area contributed by atoms with Gasteiger partial charge in [0.1, 0.15) is 5.75 Å². The summed E-state index contributed by atoms with van der Waals surface area (Å²) in [6.07, 6.45) is 0. The number of rotatable bonds is 4. The lowest BCUT2D eigenvalue weighted by Gasteiger charge is -2.09. The molecule has 0 spiro atoms. The molecule has 0 aliphatic rings. The molecule has 0 saturated carbocycles. The lowest BCUT2D eigenvalue weighted by atomic mass is 10.2. The first-order chi connectivity index (χ1) is 9.51. The lowest BCUT2D eigenvalue weighted by Crippen LogP contribution is -2.02. The minimum atomic E-state index is -1.48. The third-order valence-corrected chi connectivity index (χ3v) is 2.99. The smallest absolute Gasteiger partial charge is 0.194 e. The van der Waals surface area contributed by atoms with Crippen molar-refractivity contribution in [3.8, 4) is 5.75 Å². The van der Waals surface area contributed by atoms with Crippen molar-refractivity contribution in [3.05, 3.63) is 58.4 Å². The molecule has 20 heavy (non-hydrogen) atoms. The molecule has 0 amide bonds. The van der Waals surface area contributed by atoms with Gasteiger partial charge in [0.05, 0.1) is 12.1 Å². The van der Waals surface area contributed by atoms with Crippen LogP contribution in [-0.2, 0) is 6.54 Å². The zero-order valence-corrected chi connectivity index (χ0v) is 11.3. The van der Waals surface area contributed by atoms with Crippen molar-refractivity contribution in [1.82, 2.24) is 0 Å². The molecule has 2 aromatic carbocycles. The number of halogens is 4. The molecule has 2 rings (SSSR count). The fraction of sp³-hybridized carbons (Fsp3) is 0.143. The molecule has 1 N–H and O–H groups in total. The molecule has 0 bridgehead atoms. The van der Waals surface area contributed by atoms with Crippen molar-refractivity contribution in [2.75, 3.05) is 12.4 Å². The van der Waals surface area contributed by atoms with Crippen LogP contribution in [0.3, 0.4) is 0 Å². The van der Waals surface area contributed by atoms with E-state index in [1.807, 2.05) is 0 Å². The Morgan fingerprint density at radius 1 is 1.10 bits per heavy atom. The van der Waals surface area contributed by atoms with Gasteiger partial charge >= 0.3 is 0 Å². The Bertz CT molecular complexity index is 611. The number of anilines is 1. The summed E-state index contributed by atoms with van der Waals surface area (Å²) in [5.41, 5.74) is 0.939. The second kappa shape index (κ2) is 6.05. The fourth-order valence-corrected chi connectivity index (χ4v) is 1.96. The fourth-order valence-electron chi connectivity index (χ4n) is 1.68. The van der Waals surface area contributed by atoms with E-state index in [2.05, 4.69) is 5.32 Å². The van der Waals surface area contributed by atoms with Crippen molar-refractivity contribution in [2.45, 2.75) is 6.54 Å². The highest BCUT2D eigenvalue weighted by molar-refractivity contribution is 6.32. The highest BCUT2D eigenvalue weighted by Gasteiger charge is 2.10. The Hall–Kier alpha value is -1.88. The van der Waals surface area contributed by atoms with Crippen molar-refractivity contribution in [1.29, 1.82) is 0 Å². The highest BCUT2D eigenvalue weighted by Crippen LogP contribution is 2.25. The predicted octanol–water partition coefficient (Wildman–Crippen LogP) is 4.38. The van der Waals surface area contributed by atoms with Gasteiger partial charge < -0.3 is 10.1 Å². The molecule has 106 valence electrons. The predicted molar refractivity (Wildman–Crippen MR) is 71.6 cm³/mol. The molecule has 0 aliphatic heterocycles. The number of benzene rings is 2. The first-order valence-electron chi connectivity index (χ1n) is 5.72. The maximum Gasteiger partial charge on any atom is 0.194 e. The summed E-state index contributed by atoms with van der Waals surface area (Å²) >= 11 is 5.96. The van der Waals surface area contributed by atoms with Gasteiger partial charge in [-0.15, -0.1) is 0 Å². The van der Waals surface area contributed by atoms with Crippen LogP contribution in [0, 0.1) is 17.5 Å². The van der Waals surface area contributed by atoms with E-state index < -0.39 is 17.5 Å². The van der Waals surface area contributed by atoms with Crippen LogP contribution in [0.25, 0.3) is 0 Å². The van der Waals surface area contributed by atoms with E-state index in [4.69, 9.17) is 16.3 Å². The van der Waals surface area contributed by atoms with Gasteiger partial charge in [-0.1, -0.05) is 17.7 Å². The quantitative estimate of drug-likeness (QED) is 0.846. The molecule has 6 heteroatoms. The van der Waals surface area contributed by atoms with Crippen molar-refractivity contribution in [2.24, 2.45) is 0 Å². The van der Waals surface area contributed by atoms with E-state index in [-0.39, 0.29) is 12.2 Å². The molecule has 0 aromatic heterocycles. The molecule has 0 unspecified atom stereocenters. The van der Waals surface area contributed by atoms with Gasteiger partial charge in [0, 0.05) is 24.4 Å². The molecule has 0 aliphatic carbocycles. The van der Waals surface area contributed by atoms with Gasteiger partial charge in [-0.25, -0.2) is 13.2 Å². The van der Waals surface area contributed by atoms with Gasteiger partial charge in [0.15, 0.2) is 17.5 Å². The van der Waals surface area contributed by atoms with Crippen molar-refractivity contribution in [3.63, 3.8) is 0 Å². The van der Waals surface area contributed by atoms with Crippen LogP contribution in [0.5, 0.6) is 5.75 Å². The first-order valence-corrected chi connectivity index (χ1v) is 6.10. The number of hydrogen-bond acceptors (Lipinski definition) is 2. The largest absolute Gasteiger partial charge is 0.495 e. The summed E-state index contributed by atoms with van der Waals surface area (Å²) < 4.78 is 43.9. The molecule has 0 radical (unpaired) electrons. The maximum absolute atomic E-state index is 13.0. The Morgan fingerprint density at radius 3 is 2.30 bits per heavy atom. The first kappa shape index (κ1) is 14.5. The molecule has 0 heterocycles. The molecular formula is C14H11ClF3NO. The van der Waals surface area contributed by atoms with Crippen LogP contribution in [0.1, 0.15) is 5.56 Å². The van der Waals surface area contributed by atoms with Gasteiger partial charge in [0.25, 0.3) is 0 Å². The van der Waals surface area contributed by atoms with Crippen LogP contribution in [0.2, 0.25) is 5.02 Å².